The number of carboxylic acids is 4. The van der Waals surface area contributed by atoms with E-state index in [2.05, 4.69) is 44.7 Å². The van der Waals surface area contributed by atoms with Crippen LogP contribution in [0.25, 0.3) is 0 Å². The fraction of sp³-hybridized carbons (Fsp3) is 0.625. The molecule has 22 nitrogen and oxygen atoms in total. The molecule has 14 N–H and O–H groups in total. The lowest BCUT2D eigenvalue weighted by Crippen LogP contribution is -2.72. The lowest BCUT2D eigenvalue weighted by atomic mass is 9.82. The van der Waals surface area contributed by atoms with Crippen LogP contribution in [0.1, 0.15) is 12.8 Å². The topological polar surface area (TPSA) is 393 Å². The summed E-state index contributed by atoms with van der Waals surface area (Å²) < 4.78 is 28.9. The van der Waals surface area contributed by atoms with Crippen molar-refractivity contribution in [3.05, 3.63) is 0 Å². The molecule has 0 radical (unpaired) electrons. The first kappa shape index (κ1) is 41.8. The zero-order chi connectivity index (χ0) is 33.7. The van der Waals surface area contributed by atoms with Gasteiger partial charge in [-0.1, -0.05) is 0 Å². The number of phosphoric acid groups is 2. The molecule has 4 unspecified atom stereocenters. The van der Waals surface area contributed by atoms with Crippen molar-refractivity contribution in [3.63, 3.8) is 0 Å². The average molecular weight is 693 g/mol. The fourth-order valence-electron chi connectivity index (χ4n) is 2.25. The number of aliphatic hydroxyl groups is 1. The Morgan fingerprint density at radius 1 is 0.952 bits per heavy atom. The number of hydrogen-bond donors (Lipinski definition) is 14. The van der Waals surface area contributed by atoms with Gasteiger partial charge in [-0.25, -0.2) is 13.9 Å². The van der Waals surface area contributed by atoms with Crippen molar-refractivity contribution in [2.45, 2.75) is 36.1 Å². The Bertz CT molecular complexity index is 1110. The van der Waals surface area contributed by atoms with Crippen LogP contribution in [0.3, 0.4) is 0 Å². The van der Waals surface area contributed by atoms with Crippen LogP contribution in [0, 0.1) is 0 Å². The number of carbonyl (C=O) groups excluding carboxylic acids is 2. The molecule has 2 amide bonds. The van der Waals surface area contributed by atoms with Crippen LogP contribution < -0.4 is 22.1 Å². The van der Waals surface area contributed by atoms with Crippen LogP contribution >= 0.6 is 40.9 Å². The molecule has 0 rings (SSSR count). The molecule has 0 fully saturated rings. The molecule has 0 aliphatic rings. The number of rotatable bonds is 18. The zero-order valence-corrected chi connectivity index (χ0v) is 24.6. The number of amides is 2. The lowest BCUT2D eigenvalue weighted by molar-refractivity contribution is -0.180. The van der Waals surface area contributed by atoms with Crippen molar-refractivity contribution in [2.24, 2.45) is 11.5 Å². The quantitative estimate of drug-likeness (QED) is 0.0475. The molecular formula is C16H30N4O18P2S2. The Balaban J connectivity index is 0. The summed E-state index contributed by atoms with van der Waals surface area (Å²) in [5.41, 5.74) is 4.04. The summed E-state index contributed by atoms with van der Waals surface area (Å²) >= 11 is 7.36. The summed E-state index contributed by atoms with van der Waals surface area (Å²) in [6.45, 7) is -2.30. The average Bonchev–Trinajstić information content (AvgIpc) is 2.85. The number of phosphoric ester groups is 1. The van der Waals surface area contributed by atoms with E-state index in [0.717, 1.165) is 0 Å². The maximum absolute atomic E-state index is 11.5. The number of carbonyl (C=O) groups is 6. The molecule has 0 aromatic heterocycles. The van der Waals surface area contributed by atoms with Crippen molar-refractivity contribution in [1.29, 1.82) is 0 Å². The smallest absolute Gasteiger partial charge is 0.480 e. The minimum Gasteiger partial charge on any atom is -0.480 e. The molecule has 5 atom stereocenters. The minimum atomic E-state index is -5.52. The van der Waals surface area contributed by atoms with Crippen molar-refractivity contribution in [3.8, 4) is 0 Å². The number of nitrogens with one attached hydrogen (secondary N) is 2. The third-order valence-electron chi connectivity index (χ3n) is 4.62. The van der Waals surface area contributed by atoms with Gasteiger partial charge in [0.25, 0.3) is 0 Å². The Kier molecular flexibility index (Phi) is 17.6. The fourth-order valence-corrected chi connectivity index (χ4v) is 4.51. The van der Waals surface area contributed by atoms with E-state index in [0.29, 0.717) is 0 Å². The molecule has 0 aromatic rings. The van der Waals surface area contributed by atoms with E-state index in [1.54, 1.807) is 0 Å². The van der Waals surface area contributed by atoms with Crippen LogP contribution in [0.4, 0.5) is 0 Å². The van der Waals surface area contributed by atoms with Crippen LogP contribution in [0.5, 0.6) is 0 Å². The molecule has 0 aliphatic carbocycles. The molecule has 0 spiro atoms. The Labute approximate surface area is 246 Å². The van der Waals surface area contributed by atoms with Gasteiger partial charge >= 0.3 is 39.5 Å². The highest BCUT2D eigenvalue weighted by Gasteiger charge is 2.59. The van der Waals surface area contributed by atoms with Gasteiger partial charge in [0.1, 0.15) is 25.2 Å². The maximum Gasteiger partial charge on any atom is 0.481 e. The standard InChI is InChI=1S/C10H17N3O6S.C6H13NO12P2S/c11-5(10(18)19)1-2-7(14)13-6(4-20)9(17)12-3-8(15)16;7-5(2-22,3(8)9)6(12,4(10)11)1-18-21(16,17)19-20(13,14)15/h5-6,20H,1-4,11H2,(H,12,17)(H,13,14)(H,15,16)(H,18,19);12,22H,1-2,7H2,(H,8,9)(H,10,11)(H,16,17)(H2,13,14,15)/t;5-,6?/m.0/s1. The van der Waals surface area contributed by atoms with Crippen LogP contribution in [-0.4, -0.2) is 124 Å². The highest BCUT2D eigenvalue weighted by atomic mass is 32.1. The van der Waals surface area contributed by atoms with Gasteiger partial charge < -0.3 is 62.3 Å². The summed E-state index contributed by atoms with van der Waals surface area (Å²) in [4.78, 5) is 91.5. The lowest BCUT2D eigenvalue weighted by Gasteiger charge is -2.36. The minimum absolute atomic E-state index is 0.0256. The number of nitrogens with two attached hydrogens (primary N) is 2. The normalized spacial score (nSPS) is 17.0. The van der Waals surface area contributed by atoms with Gasteiger partial charge in [-0.3, -0.25) is 28.5 Å². The molecule has 0 saturated heterocycles. The number of carboxylic acid groups (broad SMARTS) is 4. The summed E-state index contributed by atoms with van der Waals surface area (Å²) in [7, 11) is -11.0. The predicted molar refractivity (Wildman–Crippen MR) is 141 cm³/mol. The molecule has 0 saturated carbocycles. The predicted octanol–water partition coefficient (Wildman–Crippen LogP) is -4.47. The van der Waals surface area contributed by atoms with Gasteiger partial charge in [0.15, 0.2) is 5.54 Å². The summed E-state index contributed by atoms with van der Waals surface area (Å²) in [6, 6.07) is -2.15. The first-order valence-electron chi connectivity index (χ1n) is 10.6. The van der Waals surface area contributed by atoms with Gasteiger partial charge in [-0.05, 0) is 6.42 Å². The van der Waals surface area contributed by atoms with Crippen molar-refractivity contribution >= 4 is 76.6 Å². The molecule has 244 valence electrons. The molecule has 0 aromatic carbocycles. The number of aliphatic carboxylic acids is 4. The Hall–Kier alpha value is -2.34. The van der Waals surface area contributed by atoms with E-state index in [9.17, 15) is 43.0 Å². The van der Waals surface area contributed by atoms with E-state index in [1.807, 2.05) is 0 Å². The van der Waals surface area contributed by atoms with Gasteiger partial charge in [-0.15, -0.1) is 0 Å². The molecular weight excluding hydrogens is 662 g/mol. The highest BCUT2D eigenvalue weighted by Crippen LogP contribution is 2.57. The Morgan fingerprint density at radius 3 is 1.83 bits per heavy atom. The third-order valence-corrected chi connectivity index (χ3v) is 7.61. The van der Waals surface area contributed by atoms with E-state index >= 15 is 0 Å². The zero-order valence-electron chi connectivity index (χ0n) is 21.0. The van der Waals surface area contributed by atoms with Crippen LogP contribution in [-0.2, 0) is 46.7 Å². The molecule has 26 heteroatoms. The highest BCUT2D eigenvalue weighted by molar-refractivity contribution is 7.80. The molecule has 0 heterocycles. The maximum atomic E-state index is 11.5. The monoisotopic (exact) mass is 692 g/mol. The number of thiol groups is 2. The largest absolute Gasteiger partial charge is 0.481 e. The number of hydrogen-bond acceptors (Lipinski definition) is 15. The summed E-state index contributed by atoms with van der Waals surface area (Å²) in [5, 5.41) is 49.0. The SMILES string of the molecule is NC(CCC(=O)NC(CS)C(=O)NCC(=O)O)C(=O)O.N[C@@](CS)(C(=O)O)C(O)(COP(=O)(O)OP(=O)(O)O)C(=O)O. The molecule has 42 heavy (non-hydrogen) atoms. The van der Waals surface area contributed by atoms with E-state index in [-0.39, 0.29) is 18.6 Å². The van der Waals surface area contributed by atoms with Gasteiger partial charge in [0, 0.05) is 17.9 Å². The second-order valence-corrected chi connectivity index (χ2v) is 11.3. The first-order chi connectivity index (χ1) is 18.9. The van der Waals surface area contributed by atoms with Gasteiger partial charge in [0.2, 0.25) is 17.4 Å². The summed E-state index contributed by atoms with van der Waals surface area (Å²) in [5.74, 6) is -8.91. The van der Waals surface area contributed by atoms with Crippen LogP contribution in [0.15, 0.2) is 0 Å². The second kappa shape index (κ2) is 17.7. The first-order valence-corrected chi connectivity index (χ1v) is 14.9. The van der Waals surface area contributed by atoms with Crippen molar-refractivity contribution in [2.75, 3.05) is 24.7 Å². The van der Waals surface area contributed by atoms with Gasteiger partial charge in [-0.2, -0.15) is 29.6 Å². The van der Waals surface area contributed by atoms with Crippen molar-refractivity contribution < 1.29 is 86.9 Å². The molecule has 0 aliphatic heterocycles. The van der Waals surface area contributed by atoms with E-state index in [1.165, 1.54) is 0 Å². The Morgan fingerprint density at radius 2 is 1.48 bits per heavy atom. The van der Waals surface area contributed by atoms with E-state index < -0.39 is 93.5 Å². The summed E-state index contributed by atoms with van der Waals surface area (Å²) in [6.07, 6.45) is -0.235. The molecule has 0 bridgehead atoms. The van der Waals surface area contributed by atoms with Gasteiger partial charge in [0.05, 0.1) is 0 Å². The van der Waals surface area contributed by atoms with Crippen LogP contribution in [0.2, 0.25) is 0 Å². The van der Waals surface area contributed by atoms with E-state index in [4.69, 9.17) is 46.6 Å². The third kappa shape index (κ3) is 14.7. The second-order valence-electron chi connectivity index (χ2n) is 7.81. The van der Waals surface area contributed by atoms with Crippen molar-refractivity contribution in [1.82, 2.24) is 10.6 Å².